The van der Waals surface area contributed by atoms with E-state index in [0.717, 1.165) is 0 Å². The van der Waals surface area contributed by atoms with Crippen molar-refractivity contribution < 1.29 is 37.3 Å². The lowest BCUT2D eigenvalue weighted by molar-refractivity contribution is -0.287. The first-order valence-electron chi connectivity index (χ1n) is 9.40. The number of ketones is 1. The van der Waals surface area contributed by atoms with Gasteiger partial charge in [-0.25, -0.2) is 4.79 Å². The molecule has 0 saturated carbocycles. The normalized spacial score (nSPS) is 23.5. The van der Waals surface area contributed by atoms with Gasteiger partial charge in [-0.15, -0.1) is 0 Å². The van der Waals surface area contributed by atoms with E-state index in [1.54, 1.807) is 13.0 Å². The number of ether oxygens (including phenoxy) is 2. The molecule has 0 aliphatic carbocycles. The number of hydrogen-bond acceptors (Lipinski definition) is 5. The molecule has 1 aliphatic heterocycles. The molecule has 0 bridgehead atoms. The molecule has 3 rings (SSSR count). The Labute approximate surface area is 176 Å². The van der Waals surface area contributed by atoms with Crippen LogP contribution in [-0.2, 0) is 0 Å². The zero-order chi connectivity index (χ0) is 22.8. The fourth-order valence-electron chi connectivity index (χ4n) is 3.55. The first-order valence-corrected chi connectivity index (χ1v) is 9.40. The predicted octanol–water partition coefficient (Wildman–Crippen LogP) is 3.20. The third kappa shape index (κ3) is 4.15. The molecule has 10 heteroatoms. The highest BCUT2D eigenvalue weighted by Gasteiger charge is 2.66. The van der Waals surface area contributed by atoms with Crippen molar-refractivity contribution in [1.29, 1.82) is 0 Å². The number of Topliss-reactive ketones (excluding diaryl/α,β-unsaturated/α-hetero) is 1. The lowest BCUT2D eigenvalue weighted by atomic mass is 9.77. The van der Waals surface area contributed by atoms with Crippen LogP contribution in [-0.4, -0.2) is 42.5 Å². The van der Waals surface area contributed by atoms with Gasteiger partial charge < -0.3 is 25.2 Å². The van der Waals surface area contributed by atoms with Crippen molar-refractivity contribution in [3.8, 4) is 11.5 Å². The minimum absolute atomic E-state index is 0.0453. The number of aliphatic hydroxyl groups is 1. The summed E-state index contributed by atoms with van der Waals surface area (Å²) < 4.78 is 52.4. The van der Waals surface area contributed by atoms with Crippen LogP contribution in [0.2, 0.25) is 0 Å². The lowest BCUT2D eigenvalue weighted by Gasteiger charge is -2.45. The van der Waals surface area contributed by atoms with Crippen LogP contribution < -0.4 is 20.1 Å². The molecular weight excluding hydrogens is 417 g/mol. The van der Waals surface area contributed by atoms with Gasteiger partial charge in [-0.1, -0.05) is 36.4 Å². The highest BCUT2D eigenvalue weighted by Crippen LogP contribution is 2.45. The summed E-state index contributed by atoms with van der Waals surface area (Å²) >= 11 is 0. The second-order valence-electron chi connectivity index (χ2n) is 6.89. The zero-order valence-electron chi connectivity index (χ0n) is 16.7. The van der Waals surface area contributed by atoms with Gasteiger partial charge in [0, 0.05) is 5.56 Å². The molecule has 1 heterocycles. The quantitative estimate of drug-likeness (QED) is 0.602. The Morgan fingerprint density at radius 3 is 2.42 bits per heavy atom. The smallest absolute Gasteiger partial charge is 0.437 e. The Kier molecular flexibility index (Phi) is 6.12. The van der Waals surface area contributed by atoms with Crippen molar-refractivity contribution in [2.24, 2.45) is 5.92 Å². The second kappa shape index (κ2) is 8.46. The molecule has 7 nitrogen and oxygen atoms in total. The first-order chi connectivity index (χ1) is 14.6. The topological polar surface area (TPSA) is 96.9 Å². The number of carbonyl (C=O) groups is 2. The van der Waals surface area contributed by atoms with Crippen LogP contribution in [0.4, 0.5) is 18.0 Å². The van der Waals surface area contributed by atoms with Crippen LogP contribution >= 0.6 is 0 Å². The molecule has 2 amide bonds. The molecule has 1 aliphatic rings. The molecule has 3 N–H and O–H groups in total. The monoisotopic (exact) mass is 438 g/mol. The zero-order valence-corrected chi connectivity index (χ0v) is 16.7. The third-order valence-electron chi connectivity index (χ3n) is 4.99. The number of hydrogen-bond donors (Lipinski definition) is 3. The van der Waals surface area contributed by atoms with E-state index in [1.165, 1.54) is 54.9 Å². The van der Waals surface area contributed by atoms with E-state index in [-0.39, 0.29) is 16.9 Å². The Hall–Kier alpha value is -3.27. The van der Waals surface area contributed by atoms with E-state index in [0.29, 0.717) is 12.4 Å². The molecule has 31 heavy (non-hydrogen) atoms. The number of urea groups is 1. The van der Waals surface area contributed by atoms with E-state index in [4.69, 9.17) is 9.47 Å². The van der Waals surface area contributed by atoms with Gasteiger partial charge in [0.1, 0.15) is 5.92 Å². The maximum Gasteiger partial charge on any atom is 0.437 e. The SMILES string of the molecule is CCOc1ccc([C@H]2NC(=O)N[C@](O)(C(F)(F)F)[C@@H]2C(=O)c2ccccc2)cc1OC. The number of carbonyl (C=O) groups excluding carboxylic acids is 2. The fourth-order valence-corrected chi connectivity index (χ4v) is 3.55. The van der Waals surface area contributed by atoms with Gasteiger partial charge >= 0.3 is 12.2 Å². The molecule has 2 aromatic carbocycles. The third-order valence-corrected chi connectivity index (χ3v) is 4.99. The molecule has 0 aromatic heterocycles. The van der Waals surface area contributed by atoms with Crippen molar-refractivity contribution >= 4 is 11.8 Å². The fraction of sp³-hybridized carbons (Fsp3) is 0.333. The first kappa shape index (κ1) is 22.4. The summed E-state index contributed by atoms with van der Waals surface area (Å²) in [7, 11) is 1.35. The van der Waals surface area contributed by atoms with Gasteiger partial charge in [0.15, 0.2) is 17.3 Å². The Morgan fingerprint density at radius 2 is 1.84 bits per heavy atom. The summed E-state index contributed by atoms with van der Waals surface area (Å²) in [6.45, 7) is 2.07. The number of halogens is 3. The molecular formula is C21H21F3N2O5. The van der Waals surface area contributed by atoms with Gasteiger partial charge in [0.25, 0.3) is 0 Å². The van der Waals surface area contributed by atoms with E-state index >= 15 is 0 Å². The molecule has 0 spiro atoms. The summed E-state index contributed by atoms with van der Waals surface area (Å²) in [6.07, 6.45) is -5.33. The number of methoxy groups -OCH3 is 1. The van der Waals surface area contributed by atoms with Gasteiger partial charge in [0.05, 0.1) is 19.8 Å². The number of benzene rings is 2. The van der Waals surface area contributed by atoms with Crippen molar-refractivity contribution in [1.82, 2.24) is 10.6 Å². The van der Waals surface area contributed by atoms with Crippen LogP contribution in [0.25, 0.3) is 0 Å². The molecule has 166 valence electrons. The van der Waals surface area contributed by atoms with Crippen LogP contribution in [0.5, 0.6) is 11.5 Å². The Bertz CT molecular complexity index is 967. The summed E-state index contributed by atoms with van der Waals surface area (Å²) in [4.78, 5) is 25.3. The molecule has 3 atom stereocenters. The summed E-state index contributed by atoms with van der Waals surface area (Å²) in [5.74, 6) is -2.57. The minimum atomic E-state index is -5.33. The molecule has 2 aromatic rings. The Morgan fingerprint density at radius 1 is 1.16 bits per heavy atom. The van der Waals surface area contributed by atoms with E-state index in [1.807, 2.05) is 0 Å². The van der Waals surface area contributed by atoms with E-state index in [9.17, 15) is 27.9 Å². The predicted molar refractivity (Wildman–Crippen MR) is 104 cm³/mol. The van der Waals surface area contributed by atoms with Crippen LogP contribution in [0, 0.1) is 5.92 Å². The average molecular weight is 438 g/mol. The van der Waals surface area contributed by atoms with Gasteiger partial charge in [-0.3, -0.25) is 4.79 Å². The summed E-state index contributed by atoms with van der Waals surface area (Å²) in [5.41, 5.74) is -3.71. The van der Waals surface area contributed by atoms with E-state index < -0.39 is 35.7 Å². The maximum atomic E-state index is 13.9. The van der Waals surface area contributed by atoms with Crippen LogP contribution in [0.3, 0.4) is 0 Å². The average Bonchev–Trinajstić information content (AvgIpc) is 2.73. The summed E-state index contributed by atoms with van der Waals surface area (Å²) in [6, 6.07) is 8.72. The standard InChI is InChI=1S/C21H21F3N2O5/c1-3-31-14-10-9-13(11-15(14)30-2)17-16(18(27)12-7-5-4-6-8-12)20(29,21(22,23)24)26-19(28)25-17/h4-11,16-17,29H,3H2,1-2H3,(H2,25,26,28)/t16-,17+,20+/m0/s1. The Balaban J connectivity index is 2.16. The highest BCUT2D eigenvalue weighted by atomic mass is 19.4. The maximum absolute atomic E-state index is 13.9. The lowest BCUT2D eigenvalue weighted by Crippen LogP contribution is -2.72. The van der Waals surface area contributed by atoms with Crippen molar-refractivity contribution in [3.63, 3.8) is 0 Å². The minimum Gasteiger partial charge on any atom is -0.493 e. The largest absolute Gasteiger partial charge is 0.493 e. The molecule has 0 radical (unpaired) electrons. The number of alkyl halides is 3. The second-order valence-corrected chi connectivity index (χ2v) is 6.89. The highest BCUT2D eigenvalue weighted by molar-refractivity contribution is 6.00. The molecule has 1 fully saturated rings. The molecule has 0 unspecified atom stereocenters. The van der Waals surface area contributed by atoms with Crippen molar-refractivity contribution in [2.75, 3.05) is 13.7 Å². The van der Waals surface area contributed by atoms with Gasteiger partial charge in [-0.2, -0.15) is 13.2 Å². The number of rotatable bonds is 6. The number of nitrogens with one attached hydrogen (secondary N) is 2. The van der Waals surface area contributed by atoms with E-state index in [2.05, 4.69) is 5.32 Å². The molecule has 1 saturated heterocycles. The van der Waals surface area contributed by atoms with Crippen LogP contribution in [0.15, 0.2) is 48.5 Å². The van der Waals surface area contributed by atoms with Crippen LogP contribution in [0.1, 0.15) is 28.9 Å². The van der Waals surface area contributed by atoms with Gasteiger partial charge in [0.2, 0.25) is 5.72 Å². The number of amides is 2. The van der Waals surface area contributed by atoms with Crippen molar-refractivity contribution in [3.05, 3.63) is 59.7 Å². The summed E-state index contributed by atoms with van der Waals surface area (Å²) in [5, 5.41) is 14.4. The van der Waals surface area contributed by atoms with Gasteiger partial charge in [-0.05, 0) is 24.6 Å². The van der Waals surface area contributed by atoms with Crippen molar-refractivity contribution in [2.45, 2.75) is 24.9 Å².